The molecule has 0 unspecified atom stereocenters. The molecule has 0 radical (unpaired) electrons. The minimum atomic E-state index is -4.53. The van der Waals surface area contributed by atoms with Crippen LogP contribution in [-0.2, 0) is 6.18 Å². The quantitative estimate of drug-likeness (QED) is 0.744. The van der Waals surface area contributed by atoms with Crippen LogP contribution in [0.5, 0.6) is 11.5 Å². The van der Waals surface area contributed by atoms with Crippen LogP contribution < -0.4 is 4.74 Å². The molecule has 2 aromatic carbocycles. The van der Waals surface area contributed by atoms with Crippen LogP contribution in [0.15, 0.2) is 36.4 Å². The second kappa shape index (κ2) is 5.44. The number of rotatable bonds is 2. The molecule has 2 nitrogen and oxygen atoms in total. The van der Waals surface area contributed by atoms with Crippen molar-refractivity contribution in [3.8, 4) is 17.6 Å². The van der Waals surface area contributed by atoms with E-state index in [1.54, 1.807) is 13.0 Å². The van der Waals surface area contributed by atoms with Gasteiger partial charge in [0, 0.05) is 0 Å². The molecule has 0 aliphatic carbocycles. The molecule has 0 heterocycles. The minimum absolute atomic E-state index is 0.0137. The molecule has 0 aliphatic rings. The number of benzene rings is 2. The fraction of sp³-hybridized carbons (Fsp3) is 0.133. The van der Waals surface area contributed by atoms with Gasteiger partial charge in [0.05, 0.1) is 11.1 Å². The molecule has 0 aromatic heterocycles. The molecule has 21 heavy (non-hydrogen) atoms. The number of aryl methyl sites for hydroxylation is 1. The molecule has 0 fully saturated rings. The summed E-state index contributed by atoms with van der Waals surface area (Å²) in [5.74, 6) is -0.194. The van der Waals surface area contributed by atoms with Crippen LogP contribution in [0, 0.1) is 24.1 Å². The summed E-state index contributed by atoms with van der Waals surface area (Å²) in [6.07, 6.45) is -4.53. The van der Waals surface area contributed by atoms with Crippen molar-refractivity contribution in [1.82, 2.24) is 0 Å². The third kappa shape index (κ3) is 3.31. The average molecular weight is 295 g/mol. The molecular formula is C15H9F4NO. The zero-order valence-corrected chi connectivity index (χ0v) is 10.8. The van der Waals surface area contributed by atoms with Crippen LogP contribution in [0.2, 0.25) is 0 Å². The fourth-order valence-corrected chi connectivity index (χ4v) is 1.73. The van der Waals surface area contributed by atoms with Crippen LogP contribution in [0.25, 0.3) is 0 Å². The van der Waals surface area contributed by atoms with E-state index in [9.17, 15) is 17.6 Å². The largest absolute Gasteiger partial charge is 0.456 e. The van der Waals surface area contributed by atoms with Crippen LogP contribution in [0.4, 0.5) is 17.6 Å². The van der Waals surface area contributed by atoms with Gasteiger partial charge in [-0.25, -0.2) is 4.39 Å². The Hall–Kier alpha value is -2.55. The van der Waals surface area contributed by atoms with Crippen molar-refractivity contribution in [2.75, 3.05) is 0 Å². The number of halogens is 4. The first kappa shape index (κ1) is 14.9. The van der Waals surface area contributed by atoms with Crippen molar-refractivity contribution >= 4 is 0 Å². The summed E-state index contributed by atoms with van der Waals surface area (Å²) in [5.41, 5.74) is -0.699. The van der Waals surface area contributed by atoms with Gasteiger partial charge in [-0.15, -0.1) is 0 Å². The Morgan fingerprint density at radius 2 is 1.71 bits per heavy atom. The Kier molecular flexibility index (Phi) is 3.85. The normalized spacial score (nSPS) is 11.0. The van der Waals surface area contributed by atoms with E-state index in [0.717, 1.165) is 12.1 Å². The standard InChI is InChI=1S/C15H9F4NO/c1-9-6-12(16)3-5-13(9)21-14-4-2-11(15(17,18)19)7-10(14)8-20/h2-7H,1H3. The first-order valence-corrected chi connectivity index (χ1v) is 5.86. The Bertz CT molecular complexity index is 717. The summed E-state index contributed by atoms with van der Waals surface area (Å²) in [6.45, 7) is 1.59. The maximum Gasteiger partial charge on any atom is 0.416 e. The lowest BCUT2D eigenvalue weighted by molar-refractivity contribution is -0.137. The van der Waals surface area contributed by atoms with Gasteiger partial charge in [0.25, 0.3) is 0 Å². The maximum absolute atomic E-state index is 13.0. The lowest BCUT2D eigenvalue weighted by Crippen LogP contribution is -2.05. The van der Waals surface area contributed by atoms with Crippen LogP contribution in [0.3, 0.4) is 0 Å². The van der Waals surface area contributed by atoms with Crippen molar-refractivity contribution in [2.24, 2.45) is 0 Å². The number of ether oxygens (including phenoxy) is 1. The molecule has 0 spiro atoms. The van der Waals surface area contributed by atoms with E-state index in [2.05, 4.69) is 0 Å². The fourth-order valence-electron chi connectivity index (χ4n) is 1.73. The monoisotopic (exact) mass is 295 g/mol. The maximum atomic E-state index is 13.0. The highest BCUT2D eigenvalue weighted by Gasteiger charge is 2.31. The Balaban J connectivity index is 2.39. The molecular weight excluding hydrogens is 286 g/mol. The van der Waals surface area contributed by atoms with Gasteiger partial charge in [-0.1, -0.05) is 0 Å². The van der Waals surface area contributed by atoms with Crippen molar-refractivity contribution < 1.29 is 22.3 Å². The van der Waals surface area contributed by atoms with Gasteiger partial charge >= 0.3 is 6.18 Å². The zero-order chi connectivity index (χ0) is 15.6. The second-order valence-electron chi connectivity index (χ2n) is 4.33. The molecule has 108 valence electrons. The van der Waals surface area contributed by atoms with Crippen LogP contribution in [0.1, 0.15) is 16.7 Å². The predicted molar refractivity (Wildman–Crippen MR) is 67.4 cm³/mol. The van der Waals surface area contributed by atoms with E-state index in [-0.39, 0.29) is 17.1 Å². The number of hydrogen-bond donors (Lipinski definition) is 0. The van der Waals surface area contributed by atoms with Gasteiger partial charge in [0.1, 0.15) is 23.4 Å². The van der Waals surface area contributed by atoms with Crippen molar-refractivity contribution in [1.29, 1.82) is 5.26 Å². The van der Waals surface area contributed by atoms with Crippen LogP contribution >= 0.6 is 0 Å². The molecule has 6 heteroatoms. The lowest BCUT2D eigenvalue weighted by Gasteiger charge is -2.12. The van der Waals surface area contributed by atoms with E-state index in [4.69, 9.17) is 10.00 Å². The first-order valence-electron chi connectivity index (χ1n) is 5.86. The SMILES string of the molecule is Cc1cc(F)ccc1Oc1ccc(C(F)(F)F)cc1C#N. The summed E-state index contributed by atoms with van der Waals surface area (Å²) >= 11 is 0. The van der Waals surface area contributed by atoms with E-state index < -0.39 is 17.6 Å². The van der Waals surface area contributed by atoms with E-state index in [1.165, 1.54) is 18.2 Å². The molecule has 0 atom stereocenters. The summed E-state index contributed by atoms with van der Waals surface area (Å²) in [7, 11) is 0. The summed E-state index contributed by atoms with van der Waals surface area (Å²) in [4.78, 5) is 0. The minimum Gasteiger partial charge on any atom is -0.456 e. The first-order chi connectivity index (χ1) is 9.81. The van der Waals surface area contributed by atoms with E-state index >= 15 is 0 Å². The Morgan fingerprint density at radius 1 is 1.05 bits per heavy atom. The third-order valence-electron chi connectivity index (χ3n) is 2.78. The molecule has 2 aromatic rings. The van der Waals surface area contributed by atoms with Gasteiger partial charge in [-0.2, -0.15) is 18.4 Å². The summed E-state index contributed by atoms with van der Waals surface area (Å²) in [6, 6.07) is 8.02. The summed E-state index contributed by atoms with van der Waals surface area (Å²) in [5, 5.41) is 8.94. The number of alkyl halides is 3. The number of hydrogen-bond acceptors (Lipinski definition) is 2. The van der Waals surface area contributed by atoms with Crippen molar-refractivity contribution in [3.05, 3.63) is 58.9 Å². The topological polar surface area (TPSA) is 33.0 Å². The Labute approximate surface area is 118 Å². The number of nitriles is 1. The molecule has 0 aliphatic heterocycles. The smallest absolute Gasteiger partial charge is 0.416 e. The molecule has 2 rings (SSSR count). The zero-order valence-electron chi connectivity index (χ0n) is 10.8. The highest BCUT2D eigenvalue weighted by atomic mass is 19.4. The van der Waals surface area contributed by atoms with Gasteiger partial charge in [-0.05, 0) is 48.9 Å². The Morgan fingerprint density at radius 3 is 2.29 bits per heavy atom. The third-order valence-corrected chi connectivity index (χ3v) is 2.78. The predicted octanol–water partition coefficient (Wildman–Crippen LogP) is 4.82. The van der Waals surface area contributed by atoms with Gasteiger partial charge in [0.2, 0.25) is 0 Å². The molecule has 0 bridgehead atoms. The average Bonchev–Trinajstić information content (AvgIpc) is 2.41. The molecule has 0 amide bonds. The molecule has 0 saturated carbocycles. The van der Waals surface area contributed by atoms with Crippen molar-refractivity contribution in [3.63, 3.8) is 0 Å². The van der Waals surface area contributed by atoms with Crippen molar-refractivity contribution in [2.45, 2.75) is 13.1 Å². The highest BCUT2D eigenvalue weighted by Crippen LogP contribution is 2.34. The van der Waals surface area contributed by atoms with Gasteiger partial charge < -0.3 is 4.74 Å². The van der Waals surface area contributed by atoms with Gasteiger partial charge in [0.15, 0.2) is 0 Å². The summed E-state index contributed by atoms with van der Waals surface area (Å²) < 4.78 is 56.1. The molecule has 0 N–H and O–H groups in total. The van der Waals surface area contributed by atoms with Gasteiger partial charge in [-0.3, -0.25) is 0 Å². The van der Waals surface area contributed by atoms with Crippen LogP contribution in [-0.4, -0.2) is 0 Å². The molecule has 0 saturated heterocycles. The number of nitrogens with zero attached hydrogens (tertiary/aromatic N) is 1. The second-order valence-corrected chi connectivity index (χ2v) is 4.33. The van der Waals surface area contributed by atoms with E-state index in [0.29, 0.717) is 11.6 Å². The van der Waals surface area contributed by atoms with E-state index in [1.807, 2.05) is 0 Å². The lowest BCUT2D eigenvalue weighted by atomic mass is 10.1. The highest BCUT2D eigenvalue weighted by molar-refractivity contribution is 5.49.